The van der Waals surface area contributed by atoms with Crippen molar-refractivity contribution in [3.05, 3.63) is 89.9 Å². The summed E-state index contributed by atoms with van der Waals surface area (Å²) < 4.78 is 5.60. The number of nitrogens with zero attached hydrogens (tertiary/aromatic N) is 6. The van der Waals surface area contributed by atoms with E-state index in [1.165, 1.54) is 15.4 Å². The number of amides is 1. The summed E-state index contributed by atoms with van der Waals surface area (Å²) in [6, 6.07) is 21.0. The molecule has 154 valence electrons. The summed E-state index contributed by atoms with van der Waals surface area (Å²) in [5, 5.41) is 18.5. The number of aromatic nitrogens is 4. The standard InChI is InChI=1S/C23H20N6O2/c1-16-9-11-17(12-10-16)19-14-20(21-8-5-13-31-21)29(25-19)22(30)15-28-26-23(24-27-28)18-6-3-2-4-7-18/h2-13,20H,14-15H2,1H3. The summed E-state index contributed by atoms with van der Waals surface area (Å²) in [5.74, 6) is 0.928. The Bertz CT molecular complexity index is 1210. The fraction of sp³-hybridized carbons (Fsp3) is 0.174. The van der Waals surface area contributed by atoms with E-state index in [1.807, 2.05) is 73.7 Å². The van der Waals surface area contributed by atoms with Crippen LogP contribution < -0.4 is 0 Å². The van der Waals surface area contributed by atoms with E-state index in [1.54, 1.807) is 6.26 Å². The van der Waals surface area contributed by atoms with Gasteiger partial charge in [0, 0.05) is 12.0 Å². The van der Waals surface area contributed by atoms with Gasteiger partial charge in [0.15, 0.2) is 0 Å². The normalized spacial score (nSPS) is 15.8. The summed E-state index contributed by atoms with van der Waals surface area (Å²) in [5.41, 5.74) is 3.84. The number of hydrogen-bond acceptors (Lipinski definition) is 6. The molecule has 1 amide bonds. The largest absolute Gasteiger partial charge is 0.467 e. The minimum Gasteiger partial charge on any atom is -0.467 e. The summed E-state index contributed by atoms with van der Waals surface area (Å²) in [6.07, 6.45) is 2.18. The molecule has 0 fully saturated rings. The molecule has 0 N–H and O–H groups in total. The lowest BCUT2D eigenvalue weighted by atomic mass is 10.0. The van der Waals surface area contributed by atoms with E-state index >= 15 is 0 Å². The van der Waals surface area contributed by atoms with Crippen LogP contribution in [-0.4, -0.2) is 36.8 Å². The van der Waals surface area contributed by atoms with E-state index in [0.717, 1.165) is 16.8 Å². The summed E-state index contributed by atoms with van der Waals surface area (Å²) in [7, 11) is 0. The molecule has 2 aromatic heterocycles. The van der Waals surface area contributed by atoms with E-state index in [-0.39, 0.29) is 18.5 Å². The fourth-order valence-corrected chi connectivity index (χ4v) is 3.57. The quantitative estimate of drug-likeness (QED) is 0.499. The van der Waals surface area contributed by atoms with Gasteiger partial charge in [-0.2, -0.15) is 9.90 Å². The highest BCUT2D eigenvalue weighted by Gasteiger charge is 2.35. The molecular formula is C23H20N6O2. The van der Waals surface area contributed by atoms with E-state index in [4.69, 9.17) is 4.42 Å². The van der Waals surface area contributed by atoms with Crippen LogP contribution in [0.5, 0.6) is 0 Å². The number of carbonyl (C=O) groups is 1. The molecule has 8 nitrogen and oxygen atoms in total. The van der Waals surface area contributed by atoms with Gasteiger partial charge in [0.1, 0.15) is 18.3 Å². The summed E-state index contributed by atoms with van der Waals surface area (Å²) in [6.45, 7) is 1.97. The van der Waals surface area contributed by atoms with E-state index < -0.39 is 0 Å². The third-order valence-electron chi connectivity index (χ3n) is 5.18. The molecule has 0 saturated carbocycles. The van der Waals surface area contributed by atoms with Crippen molar-refractivity contribution in [2.75, 3.05) is 0 Å². The Morgan fingerprint density at radius 3 is 2.58 bits per heavy atom. The number of hydrogen-bond donors (Lipinski definition) is 0. The first kappa shape index (κ1) is 18.9. The van der Waals surface area contributed by atoms with E-state index in [0.29, 0.717) is 18.0 Å². The van der Waals surface area contributed by atoms with Crippen molar-refractivity contribution in [1.29, 1.82) is 0 Å². The van der Waals surface area contributed by atoms with Crippen molar-refractivity contribution in [2.45, 2.75) is 25.9 Å². The van der Waals surface area contributed by atoms with Crippen LogP contribution in [0.4, 0.5) is 0 Å². The van der Waals surface area contributed by atoms with E-state index in [9.17, 15) is 4.79 Å². The van der Waals surface area contributed by atoms with Gasteiger partial charge in [0.2, 0.25) is 5.82 Å². The molecule has 1 aliphatic rings. The van der Waals surface area contributed by atoms with Gasteiger partial charge >= 0.3 is 0 Å². The molecule has 2 aromatic carbocycles. The summed E-state index contributed by atoms with van der Waals surface area (Å²) in [4.78, 5) is 14.4. The molecular weight excluding hydrogens is 392 g/mol. The number of tetrazole rings is 1. The molecule has 5 rings (SSSR count). The molecule has 0 bridgehead atoms. The topological polar surface area (TPSA) is 89.4 Å². The van der Waals surface area contributed by atoms with Gasteiger partial charge in [-0.15, -0.1) is 10.2 Å². The van der Waals surface area contributed by atoms with Gasteiger partial charge in [0.05, 0.1) is 12.0 Å². The number of hydrazone groups is 1. The maximum atomic E-state index is 13.1. The smallest absolute Gasteiger partial charge is 0.267 e. The van der Waals surface area contributed by atoms with Crippen LogP contribution >= 0.6 is 0 Å². The fourth-order valence-electron chi connectivity index (χ4n) is 3.57. The van der Waals surface area contributed by atoms with Crippen LogP contribution in [0, 0.1) is 6.92 Å². The van der Waals surface area contributed by atoms with Crippen LogP contribution in [0.15, 0.2) is 82.5 Å². The number of carbonyl (C=O) groups excluding carboxylic acids is 1. The highest BCUT2D eigenvalue weighted by atomic mass is 16.3. The zero-order valence-electron chi connectivity index (χ0n) is 16.9. The van der Waals surface area contributed by atoms with Crippen molar-refractivity contribution >= 4 is 11.6 Å². The van der Waals surface area contributed by atoms with Crippen LogP contribution in [0.3, 0.4) is 0 Å². The molecule has 0 spiro atoms. The lowest BCUT2D eigenvalue weighted by molar-refractivity contribution is -0.134. The Balaban J connectivity index is 1.40. The predicted octanol–water partition coefficient (Wildman–Crippen LogP) is 3.62. The molecule has 0 saturated heterocycles. The monoisotopic (exact) mass is 412 g/mol. The second-order valence-electron chi connectivity index (χ2n) is 7.40. The lowest BCUT2D eigenvalue weighted by Gasteiger charge is -2.19. The third kappa shape index (κ3) is 3.87. The van der Waals surface area contributed by atoms with Crippen LogP contribution in [-0.2, 0) is 11.3 Å². The maximum Gasteiger partial charge on any atom is 0.267 e. The second-order valence-corrected chi connectivity index (χ2v) is 7.40. The minimum atomic E-state index is -0.309. The molecule has 4 aromatic rings. The van der Waals surface area contributed by atoms with Gasteiger partial charge in [-0.05, 0) is 29.8 Å². The van der Waals surface area contributed by atoms with E-state index in [2.05, 4.69) is 20.5 Å². The zero-order chi connectivity index (χ0) is 21.2. The highest BCUT2D eigenvalue weighted by molar-refractivity contribution is 6.03. The highest BCUT2D eigenvalue weighted by Crippen LogP contribution is 2.33. The van der Waals surface area contributed by atoms with Crippen LogP contribution in [0.25, 0.3) is 11.4 Å². The summed E-state index contributed by atoms with van der Waals surface area (Å²) >= 11 is 0. The third-order valence-corrected chi connectivity index (χ3v) is 5.18. The molecule has 31 heavy (non-hydrogen) atoms. The Kier molecular flexibility index (Phi) is 4.87. The molecule has 1 aliphatic heterocycles. The minimum absolute atomic E-state index is 0.0677. The average molecular weight is 412 g/mol. The maximum absolute atomic E-state index is 13.1. The van der Waals surface area contributed by atoms with Crippen molar-refractivity contribution in [3.8, 4) is 11.4 Å². The molecule has 1 unspecified atom stereocenters. The molecule has 8 heteroatoms. The molecule has 3 heterocycles. The van der Waals surface area contributed by atoms with Gasteiger partial charge in [-0.1, -0.05) is 60.2 Å². The lowest BCUT2D eigenvalue weighted by Crippen LogP contribution is -2.31. The Hall–Kier alpha value is -4.07. The first-order valence-electron chi connectivity index (χ1n) is 10.0. The van der Waals surface area contributed by atoms with Crippen molar-refractivity contribution in [1.82, 2.24) is 25.2 Å². The molecule has 0 radical (unpaired) electrons. The second kappa shape index (κ2) is 7.98. The van der Waals surface area contributed by atoms with Gasteiger partial charge in [-0.25, -0.2) is 5.01 Å². The van der Waals surface area contributed by atoms with Crippen LogP contribution in [0.1, 0.15) is 29.3 Å². The van der Waals surface area contributed by atoms with Crippen molar-refractivity contribution < 1.29 is 9.21 Å². The Morgan fingerprint density at radius 1 is 1.03 bits per heavy atom. The van der Waals surface area contributed by atoms with Crippen molar-refractivity contribution in [2.24, 2.45) is 5.10 Å². The molecule has 0 aliphatic carbocycles. The van der Waals surface area contributed by atoms with Gasteiger partial charge in [0.25, 0.3) is 5.91 Å². The van der Waals surface area contributed by atoms with Crippen LogP contribution in [0.2, 0.25) is 0 Å². The predicted molar refractivity (Wildman–Crippen MR) is 114 cm³/mol. The Labute approximate surface area is 178 Å². The first-order chi connectivity index (χ1) is 15.2. The SMILES string of the molecule is Cc1ccc(C2=NN(C(=O)Cn3nnc(-c4ccccc4)n3)C(c3ccco3)C2)cc1. The first-order valence-corrected chi connectivity index (χ1v) is 10.0. The average Bonchev–Trinajstić information content (AvgIpc) is 3.55. The zero-order valence-corrected chi connectivity index (χ0v) is 16.9. The van der Waals surface area contributed by atoms with Gasteiger partial charge < -0.3 is 4.42 Å². The number of benzene rings is 2. The van der Waals surface area contributed by atoms with Crippen molar-refractivity contribution in [3.63, 3.8) is 0 Å². The van der Waals surface area contributed by atoms with Gasteiger partial charge in [-0.3, -0.25) is 4.79 Å². The Morgan fingerprint density at radius 2 is 1.84 bits per heavy atom. The number of aryl methyl sites for hydroxylation is 1. The number of furan rings is 1. The number of rotatable bonds is 5. The molecule has 1 atom stereocenters.